The second kappa shape index (κ2) is 4.80. The molecule has 0 saturated carbocycles. The average molecular weight is 297 g/mol. The predicted octanol–water partition coefficient (Wildman–Crippen LogP) is 3.69. The second-order valence-corrected chi connectivity index (χ2v) is 4.45. The lowest BCUT2D eigenvalue weighted by molar-refractivity contribution is -0.143. The van der Waals surface area contributed by atoms with Crippen molar-refractivity contribution in [3.8, 4) is 12.0 Å². The first-order valence-corrected chi connectivity index (χ1v) is 6.05. The van der Waals surface area contributed by atoms with Gasteiger partial charge in [0, 0.05) is 6.07 Å². The molecule has 0 aliphatic heterocycles. The van der Waals surface area contributed by atoms with Gasteiger partial charge in [-0.1, -0.05) is 12.1 Å². The maximum absolute atomic E-state index is 12.5. The molecule has 0 spiro atoms. The molecular weight excluding hydrogens is 287 g/mol. The summed E-state index contributed by atoms with van der Waals surface area (Å²) >= 11 is 0. The van der Waals surface area contributed by atoms with E-state index in [0.29, 0.717) is 16.8 Å². The molecule has 0 amide bonds. The minimum Gasteiger partial charge on any atom is -0.409 e. The number of hydrogen-bond donors (Lipinski definition) is 0. The highest BCUT2D eigenvalue weighted by Crippen LogP contribution is 2.28. The zero-order valence-electron chi connectivity index (χ0n) is 10.9. The highest BCUT2D eigenvalue weighted by atomic mass is 19.4. The average Bonchev–Trinajstić information content (AvgIpc) is 2.91. The standard InChI is InChI=1S/C13H10F3N3O2/c1-8-6-11(19(18-8)7-13(14,15)16)21-12-17-9-4-2-3-5-10(9)20-12/h2-6H,7H2,1H3. The number of nitrogens with zero attached hydrogens (tertiary/aromatic N) is 3. The number of para-hydroxylation sites is 2. The van der Waals surface area contributed by atoms with Crippen LogP contribution in [0.4, 0.5) is 13.2 Å². The van der Waals surface area contributed by atoms with Crippen LogP contribution in [-0.4, -0.2) is 20.9 Å². The van der Waals surface area contributed by atoms with Crippen LogP contribution >= 0.6 is 0 Å². The number of aromatic nitrogens is 3. The third kappa shape index (κ3) is 2.99. The SMILES string of the molecule is Cc1cc(Oc2nc3ccccc3o2)n(CC(F)(F)F)n1. The number of aryl methyl sites for hydroxylation is 1. The Labute approximate surface area is 116 Å². The lowest BCUT2D eigenvalue weighted by Gasteiger charge is -2.08. The second-order valence-electron chi connectivity index (χ2n) is 4.45. The monoisotopic (exact) mass is 297 g/mol. The lowest BCUT2D eigenvalue weighted by atomic mass is 10.3. The zero-order chi connectivity index (χ0) is 15.0. The van der Waals surface area contributed by atoms with Crippen molar-refractivity contribution < 1.29 is 22.3 Å². The summed E-state index contributed by atoms with van der Waals surface area (Å²) in [6.07, 6.45) is -4.52. The molecule has 0 aliphatic rings. The Hall–Kier alpha value is -2.51. The van der Waals surface area contributed by atoms with Crippen molar-refractivity contribution in [1.29, 1.82) is 0 Å². The van der Waals surface area contributed by atoms with E-state index in [4.69, 9.17) is 9.15 Å². The van der Waals surface area contributed by atoms with Crippen LogP contribution in [0.15, 0.2) is 34.7 Å². The topological polar surface area (TPSA) is 53.1 Å². The van der Waals surface area contributed by atoms with Gasteiger partial charge in [0.2, 0.25) is 5.88 Å². The zero-order valence-corrected chi connectivity index (χ0v) is 10.9. The first-order valence-electron chi connectivity index (χ1n) is 6.05. The molecule has 0 unspecified atom stereocenters. The fourth-order valence-corrected chi connectivity index (χ4v) is 1.87. The van der Waals surface area contributed by atoms with Crippen molar-refractivity contribution in [1.82, 2.24) is 14.8 Å². The van der Waals surface area contributed by atoms with Crippen LogP contribution in [0.5, 0.6) is 12.0 Å². The molecule has 8 heteroatoms. The van der Waals surface area contributed by atoms with E-state index in [2.05, 4.69) is 10.1 Å². The maximum atomic E-state index is 12.5. The van der Waals surface area contributed by atoms with Gasteiger partial charge in [0.05, 0.1) is 5.69 Å². The Morgan fingerprint density at radius 1 is 1.29 bits per heavy atom. The summed E-state index contributed by atoms with van der Waals surface area (Å²) < 4.78 is 48.8. The number of rotatable bonds is 3. The van der Waals surface area contributed by atoms with Crippen LogP contribution in [0.2, 0.25) is 0 Å². The molecule has 0 atom stereocenters. The molecule has 2 heterocycles. The van der Waals surface area contributed by atoms with Crippen LogP contribution in [0.1, 0.15) is 5.69 Å². The van der Waals surface area contributed by atoms with E-state index in [1.807, 2.05) is 0 Å². The molecule has 1 aromatic carbocycles. The molecule has 2 aromatic heterocycles. The number of hydrogen-bond acceptors (Lipinski definition) is 4. The third-order valence-corrected chi connectivity index (χ3v) is 2.66. The first-order chi connectivity index (χ1) is 9.90. The molecule has 3 rings (SSSR count). The summed E-state index contributed by atoms with van der Waals surface area (Å²) in [7, 11) is 0. The molecule has 0 aliphatic carbocycles. The minimum absolute atomic E-state index is 0.0728. The highest BCUT2D eigenvalue weighted by Gasteiger charge is 2.30. The van der Waals surface area contributed by atoms with Gasteiger partial charge < -0.3 is 9.15 Å². The quantitative estimate of drug-likeness (QED) is 0.740. The van der Waals surface area contributed by atoms with Crippen molar-refractivity contribution in [2.75, 3.05) is 0 Å². The van der Waals surface area contributed by atoms with Gasteiger partial charge in [-0.3, -0.25) is 0 Å². The largest absolute Gasteiger partial charge is 0.409 e. The Balaban J connectivity index is 1.90. The van der Waals surface area contributed by atoms with Crippen LogP contribution in [-0.2, 0) is 6.54 Å². The summed E-state index contributed by atoms with van der Waals surface area (Å²) in [5.74, 6) is -0.0728. The van der Waals surface area contributed by atoms with Crippen LogP contribution in [0, 0.1) is 6.92 Å². The Morgan fingerprint density at radius 3 is 2.76 bits per heavy atom. The van der Waals surface area contributed by atoms with E-state index in [9.17, 15) is 13.2 Å². The summed E-state index contributed by atoms with van der Waals surface area (Å²) in [5.41, 5.74) is 1.46. The number of alkyl halides is 3. The number of halogens is 3. The number of ether oxygens (including phenoxy) is 1. The molecule has 0 fully saturated rings. The summed E-state index contributed by atoms with van der Waals surface area (Å²) in [6.45, 7) is 0.336. The van der Waals surface area contributed by atoms with E-state index in [1.165, 1.54) is 6.07 Å². The number of benzene rings is 1. The lowest BCUT2D eigenvalue weighted by Crippen LogP contribution is -2.19. The van der Waals surface area contributed by atoms with Crippen molar-refractivity contribution in [2.45, 2.75) is 19.6 Å². The van der Waals surface area contributed by atoms with Gasteiger partial charge in [-0.2, -0.15) is 23.3 Å². The minimum atomic E-state index is -4.39. The maximum Gasteiger partial charge on any atom is 0.408 e. The number of oxazole rings is 1. The Morgan fingerprint density at radius 2 is 2.05 bits per heavy atom. The van der Waals surface area contributed by atoms with Crippen molar-refractivity contribution in [3.63, 3.8) is 0 Å². The molecule has 5 nitrogen and oxygen atoms in total. The Bertz CT molecular complexity index is 743. The van der Waals surface area contributed by atoms with E-state index >= 15 is 0 Å². The van der Waals surface area contributed by atoms with E-state index < -0.39 is 12.7 Å². The molecule has 0 radical (unpaired) electrons. The summed E-state index contributed by atoms with van der Waals surface area (Å²) in [4.78, 5) is 4.04. The molecular formula is C13H10F3N3O2. The van der Waals surface area contributed by atoms with Crippen molar-refractivity contribution >= 4 is 11.1 Å². The third-order valence-electron chi connectivity index (χ3n) is 2.66. The predicted molar refractivity (Wildman–Crippen MR) is 67.1 cm³/mol. The van der Waals surface area contributed by atoms with Gasteiger partial charge in [0.25, 0.3) is 0 Å². The summed E-state index contributed by atoms with van der Waals surface area (Å²) in [6, 6.07) is 8.32. The number of fused-ring (bicyclic) bond motifs is 1. The van der Waals surface area contributed by atoms with E-state index in [0.717, 1.165) is 4.68 Å². The Kier molecular flexibility index (Phi) is 3.08. The molecule has 0 N–H and O–H groups in total. The van der Waals surface area contributed by atoms with Gasteiger partial charge in [-0.05, 0) is 19.1 Å². The fraction of sp³-hybridized carbons (Fsp3) is 0.231. The smallest absolute Gasteiger partial charge is 0.408 e. The van der Waals surface area contributed by atoms with Gasteiger partial charge >= 0.3 is 12.3 Å². The molecule has 110 valence electrons. The fourth-order valence-electron chi connectivity index (χ4n) is 1.87. The molecule has 0 saturated heterocycles. The normalized spacial score (nSPS) is 12.0. The van der Waals surface area contributed by atoms with E-state index in [1.54, 1.807) is 31.2 Å². The molecule has 21 heavy (non-hydrogen) atoms. The van der Waals surface area contributed by atoms with Gasteiger partial charge in [-0.25, -0.2) is 4.68 Å². The van der Waals surface area contributed by atoms with Crippen molar-refractivity contribution in [2.24, 2.45) is 0 Å². The molecule has 0 bridgehead atoms. The van der Waals surface area contributed by atoms with E-state index in [-0.39, 0.29) is 12.0 Å². The van der Waals surface area contributed by atoms with Crippen LogP contribution < -0.4 is 4.74 Å². The highest BCUT2D eigenvalue weighted by molar-refractivity contribution is 5.72. The summed E-state index contributed by atoms with van der Waals surface area (Å²) in [5, 5.41) is 3.75. The molecule has 3 aromatic rings. The first kappa shape index (κ1) is 13.5. The van der Waals surface area contributed by atoms with Gasteiger partial charge in [-0.15, -0.1) is 0 Å². The van der Waals surface area contributed by atoms with Crippen LogP contribution in [0.25, 0.3) is 11.1 Å². The van der Waals surface area contributed by atoms with Crippen LogP contribution in [0.3, 0.4) is 0 Å². The van der Waals surface area contributed by atoms with Crippen molar-refractivity contribution in [3.05, 3.63) is 36.0 Å². The van der Waals surface area contributed by atoms with Gasteiger partial charge in [0.15, 0.2) is 5.58 Å². The van der Waals surface area contributed by atoms with Gasteiger partial charge in [0.1, 0.15) is 12.1 Å².